The third-order valence-electron chi connectivity index (χ3n) is 5.71. The van der Waals surface area contributed by atoms with Crippen LogP contribution < -0.4 is 4.74 Å². The highest BCUT2D eigenvalue weighted by Crippen LogP contribution is 2.25. The Balaban J connectivity index is 1.53. The Kier molecular flexibility index (Phi) is 6.30. The highest BCUT2D eigenvalue weighted by atomic mass is 32.2. The molecule has 1 aliphatic rings. The van der Waals surface area contributed by atoms with Crippen molar-refractivity contribution in [3.05, 3.63) is 95.1 Å². The van der Waals surface area contributed by atoms with Crippen molar-refractivity contribution in [1.29, 1.82) is 0 Å². The number of nitrogens with zero attached hydrogens (tertiary/aromatic N) is 2. The summed E-state index contributed by atoms with van der Waals surface area (Å²) in [6.07, 6.45) is 0.678. The summed E-state index contributed by atoms with van der Waals surface area (Å²) in [6.45, 7) is 1.15. The van der Waals surface area contributed by atoms with Gasteiger partial charge in [-0.05, 0) is 53.4 Å². The lowest BCUT2D eigenvalue weighted by Gasteiger charge is -2.28. The van der Waals surface area contributed by atoms with Crippen LogP contribution in [0.1, 0.15) is 27.0 Å². The number of methoxy groups -OCH3 is 1. The average molecular weight is 451 g/mol. The predicted molar refractivity (Wildman–Crippen MR) is 123 cm³/mol. The van der Waals surface area contributed by atoms with Crippen LogP contribution in [0.15, 0.2) is 77.7 Å². The first kappa shape index (κ1) is 22.0. The molecule has 1 amide bonds. The van der Waals surface area contributed by atoms with Gasteiger partial charge in [-0.1, -0.05) is 42.5 Å². The monoisotopic (exact) mass is 450 g/mol. The molecule has 0 aromatic heterocycles. The minimum atomic E-state index is -3.71. The molecule has 4 rings (SSSR count). The van der Waals surface area contributed by atoms with Gasteiger partial charge in [-0.25, -0.2) is 8.42 Å². The van der Waals surface area contributed by atoms with Crippen LogP contribution in [0.3, 0.4) is 0 Å². The molecule has 166 valence electrons. The van der Waals surface area contributed by atoms with Gasteiger partial charge in [0.05, 0.1) is 12.0 Å². The number of sulfonamides is 1. The number of carbonyl (C=O) groups is 1. The molecule has 3 aromatic carbocycles. The summed E-state index contributed by atoms with van der Waals surface area (Å²) in [7, 11) is -0.411. The number of hydrogen-bond acceptors (Lipinski definition) is 4. The molecule has 0 fully saturated rings. The number of amides is 1. The molecule has 0 aliphatic carbocycles. The van der Waals surface area contributed by atoms with Crippen molar-refractivity contribution in [3.8, 4) is 5.75 Å². The molecule has 0 N–H and O–H groups in total. The molecule has 0 radical (unpaired) electrons. The van der Waals surface area contributed by atoms with E-state index in [0.717, 1.165) is 16.9 Å². The van der Waals surface area contributed by atoms with Gasteiger partial charge in [-0.15, -0.1) is 0 Å². The highest BCUT2D eigenvalue weighted by Gasteiger charge is 2.29. The van der Waals surface area contributed by atoms with Crippen LogP contribution in [-0.4, -0.2) is 44.2 Å². The fourth-order valence-electron chi connectivity index (χ4n) is 3.95. The van der Waals surface area contributed by atoms with Gasteiger partial charge in [0.2, 0.25) is 10.0 Å². The summed E-state index contributed by atoms with van der Waals surface area (Å²) in [5.74, 6) is 0.480. The van der Waals surface area contributed by atoms with Crippen LogP contribution in [0.25, 0.3) is 0 Å². The largest absolute Gasteiger partial charge is 0.497 e. The molecule has 32 heavy (non-hydrogen) atoms. The van der Waals surface area contributed by atoms with Gasteiger partial charge in [0.15, 0.2) is 0 Å². The predicted octanol–water partition coefficient (Wildman–Crippen LogP) is 3.71. The summed E-state index contributed by atoms with van der Waals surface area (Å²) >= 11 is 0. The first-order valence-corrected chi connectivity index (χ1v) is 11.9. The maximum atomic E-state index is 13.3. The summed E-state index contributed by atoms with van der Waals surface area (Å²) in [5.41, 5.74) is 3.47. The van der Waals surface area contributed by atoms with Gasteiger partial charge in [0, 0.05) is 32.2 Å². The zero-order chi connectivity index (χ0) is 22.7. The Labute approximate surface area is 189 Å². The van der Waals surface area contributed by atoms with Crippen molar-refractivity contribution in [1.82, 2.24) is 9.21 Å². The van der Waals surface area contributed by atoms with Crippen molar-refractivity contribution < 1.29 is 17.9 Å². The van der Waals surface area contributed by atoms with E-state index in [-0.39, 0.29) is 10.8 Å². The number of benzene rings is 3. The second-order valence-electron chi connectivity index (χ2n) is 7.90. The van der Waals surface area contributed by atoms with Gasteiger partial charge in [0.1, 0.15) is 5.75 Å². The van der Waals surface area contributed by atoms with Crippen molar-refractivity contribution >= 4 is 15.9 Å². The smallest absolute Gasteiger partial charge is 0.253 e. The lowest BCUT2D eigenvalue weighted by molar-refractivity contribution is 0.0784. The molecule has 0 bridgehead atoms. The fourth-order valence-corrected chi connectivity index (χ4v) is 5.42. The van der Waals surface area contributed by atoms with Gasteiger partial charge in [0.25, 0.3) is 5.91 Å². The van der Waals surface area contributed by atoms with Crippen LogP contribution in [0.5, 0.6) is 5.75 Å². The maximum absolute atomic E-state index is 13.3. The number of hydrogen-bond donors (Lipinski definition) is 0. The Hall–Kier alpha value is -3.16. The quantitative estimate of drug-likeness (QED) is 0.574. The second-order valence-corrected chi connectivity index (χ2v) is 9.84. The molecular weight excluding hydrogens is 424 g/mol. The van der Waals surface area contributed by atoms with E-state index in [4.69, 9.17) is 4.74 Å². The molecule has 0 saturated carbocycles. The zero-order valence-corrected chi connectivity index (χ0v) is 19.0. The summed E-state index contributed by atoms with van der Waals surface area (Å²) < 4.78 is 33.3. The van der Waals surface area contributed by atoms with Crippen molar-refractivity contribution in [3.63, 3.8) is 0 Å². The van der Waals surface area contributed by atoms with E-state index in [9.17, 15) is 13.2 Å². The minimum Gasteiger partial charge on any atom is -0.497 e. The molecule has 1 aliphatic heterocycles. The van der Waals surface area contributed by atoms with Crippen LogP contribution in [0, 0.1) is 0 Å². The summed E-state index contributed by atoms with van der Waals surface area (Å²) in [6, 6.07) is 21.7. The number of ether oxygens (including phenoxy) is 1. The summed E-state index contributed by atoms with van der Waals surface area (Å²) in [4.78, 5) is 14.7. The Morgan fingerprint density at radius 2 is 1.75 bits per heavy atom. The lowest BCUT2D eigenvalue weighted by atomic mass is 10.0. The van der Waals surface area contributed by atoms with Crippen molar-refractivity contribution in [2.75, 3.05) is 20.7 Å². The van der Waals surface area contributed by atoms with E-state index >= 15 is 0 Å². The highest BCUT2D eigenvalue weighted by molar-refractivity contribution is 7.89. The first-order valence-electron chi connectivity index (χ1n) is 10.4. The molecule has 0 saturated heterocycles. The number of fused-ring (bicyclic) bond motifs is 1. The molecular formula is C25H26N2O4S. The zero-order valence-electron chi connectivity index (χ0n) is 18.2. The Morgan fingerprint density at radius 1 is 1.00 bits per heavy atom. The van der Waals surface area contributed by atoms with Crippen molar-refractivity contribution in [2.45, 2.75) is 24.4 Å². The van der Waals surface area contributed by atoms with Crippen LogP contribution >= 0.6 is 0 Å². The molecule has 6 nitrogen and oxygen atoms in total. The molecule has 1 heterocycles. The van der Waals surface area contributed by atoms with Crippen LogP contribution in [0.2, 0.25) is 0 Å². The SMILES string of the molecule is COc1cccc(CN(C)C(=O)c2cccc(S(=O)(=O)N3CCc4ccccc4C3)c2)c1. The third-order valence-corrected chi connectivity index (χ3v) is 7.56. The van der Waals surface area contributed by atoms with Gasteiger partial charge in [-0.2, -0.15) is 4.31 Å². The van der Waals surface area contributed by atoms with E-state index in [0.29, 0.717) is 31.6 Å². The van der Waals surface area contributed by atoms with E-state index in [1.54, 1.807) is 37.3 Å². The Bertz CT molecular complexity index is 1240. The van der Waals surface area contributed by atoms with Gasteiger partial charge >= 0.3 is 0 Å². The fraction of sp³-hybridized carbons (Fsp3) is 0.240. The number of carbonyl (C=O) groups excluding carboxylic acids is 1. The normalized spacial score (nSPS) is 13.9. The minimum absolute atomic E-state index is 0.137. The molecule has 0 spiro atoms. The lowest BCUT2D eigenvalue weighted by Crippen LogP contribution is -2.36. The Morgan fingerprint density at radius 3 is 2.53 bits per heavy atom. The number of rotatable bonds is 6. The van der Waals surface area contributed by atoms with E-state index in [1.165, 1.54) is 15.9 Å². The van der Waals surface area contributed by atoms with Crippen LogP contribution in [0.4, 0.5) is 0 Å². The molecule has 3 aromatic rings. The van der Waals surface area contributed by atoms with Crippen LogP contribution in [-0.2, 0) is 29.5 Å². The maximum Gasteiger partial charge on any atom is 0.253 e. The van der Waals surface area contributed by atoms with E-state index < -0.39 is 10.0 Å². The second kappa shape index (κ2) is 9.14. The average Bonchev–Trinajstić information content (AvgIpc) is 2.83. The van der Waals surface area contributed by atoms with E-state index in [1.807, 2.05) is 48.5 Å². The van der Waals surface area contributed by atoms with Gasteiger partial charge in [-0.3, -0.25) is 4.79 Å². The summed E-state index contributed by atoms with van der Waals surface area (Å²) in [5, 5.41) is 0. The topological polar surface area (TPSA) is 66.9 Å². The first-order chi connectivity index (χ1) is 15.4. The standard InChI is InChI=1S/C25H26N2O4S/c1-26(17-19-7-5-11-23(15-19)31-2)25(28)21-10-6-12-24(16-21)32(29,30)27-14-13-20-8-3-4-9-22(20)18-27/h3-12,15-16H,13-14,17-18H2,1-2H3. The third kappa shape index (κ3) is 4.54. The molecule has 0 atom stereocenters. The van der Waals surface area contributed by atoms with Crippen molar-refractivity contribution in [2.24, 2.45) is 0 Å². The van der Waals surface area contributed by atoms with E-state index in [2.05, 4.69) is 0 Å². The molecule has 0 unspecified atom stereocenters. The molecule has 7 heteroatoms. The van der Waals surface area contributed by atoms with Gasteiger partial charge < -0.3 is 9.64 Å².